The lowest BCUT2D eigenvalue weighted by atomic mass is 10.1. The van der Waals surface area contributed by atoms with Gasteiger partial charge in [0.05, 0.1) is 0 Å². The lowest BCUT2D eigenvalue weighted by Crippen LogP contribution is -2.18. The molecule has 0 radical (unpaired) electrons. The Morgan fingerprint density at radius 3 is 2.71 bits per heavy atom. The maximum atomic E-state index is 8.53. The molecule has 0 aromatic heterocycles. The SMILES string of the molecule is CC(Cc1ccc(Cl)cc1)Nc1cccc(OCC#N)c1. The van der Waals surface area contributed by atoms with E-state index in [0.29, 0.717) is 5.75 Å². The van der Waals surface area contributed by atoms with Gasteiger partial charge in [-0.2, -0.15) is 5.26 Å². The first kappa shape index (κ1) is 15.2. The van der Waals surface area contributed by atoms with Crippen molar-refractivity contribution < 1.29 is 4.74 Å². The fourth-order valence-corrected chi connectivity index (χ4v) is 2.23. The van der Waals surface area contributed by atoms with Crippen LogP contribution in [0.15, 0.2) is 48.5 Å². The molecule has 0 bridgehead atoms. The van der Waals surface area contributed by atoms with Crippen LogP contribution in [-0.4, -0.2) is 12.6 Å². The maximum absolute atomic E-state index is 8.53. The third-order valence-corrected chi connectivity index (χ3v) is 3.26. The quantitative estimate of drug-likeness (QED) is 0.866. The molecule has 108 valence electrons. The zero-order valence-corrected chi connectivity index (χ0v) is 12.6. The molecule has 1 N–H and O–H groups in total. The van der Waals surface area contributed by atoms with Gasteiger partial charge in [0, 0.05) is 22.8 Å². The van der Waals surface area contributed by atoms with Gasteiger partial charge in [0.1, 0.15) is 11.8 Å². The van der Waals surface area contributed by atoms with Crippen molar-refractivity contribution in [3.8, 4) is 11.8 Å². The van der Waals surface area contributed by atoms with E-state index in [-0.39, 0.29) is 12.6 Å². The topological polar surface area (TPSA) is 45.0 Å². The van der Waals surface area contributed by atoms with Crippen molar-refractivity contribution in [2.24, 2.45) is 0 Å². The average Bonchev–Trinajstić information content (AvgIpc) is 2.48. The van der Waals surface area contributed by atoms with Crippen LogP contribution in [0, 0.1) is 11.3 Å². The summed E-state index contributed by atoms with van der Waals surface area (Å²) in [6, 6.07) is 17.7. The molecule has 0 heterocycles. The first-order chi connectivity index (χ1) is 10.2. The van der Waals surface area contributed by atoms with Crippen LogP contribution < -0.4 is 10.1 Å². The molecule has 2 aromatic rings. The van der Waals surface area contributed by atoms with Crippen LogP contribution in [0.3, 0.4) is 0 Å². The highest BCUT2D eigenvalue weighted by Gasteiger charge is 2.05. The van der Waals surface area contributed by atoms with E-state index < -0.39 is 0 Å². The zero-order chi connectivity index (χ0) is 15.1. The van der Waals surface area contributed by atoms with Crippen LogP contribution in [0.4, 0.5) is 5.69 Å². The van der Waals surface area contributed by atoms with Gasteiger partial charge in [0.25, 0.3) is 0 Å². The Morgan fingerprint density at radius 1 is 1.24 bits per heavy atom. The lowest BCUT2D eigenvalue weighted by Gasteiger charge is -2.16. The van der Waals surface area contributed by atoms with E-state index in [0.717, 1.165) is 17.1 Å². The molecule has 0 saturated carbocycles. The predicted molar refractivity (Wildman–Crippen MR) is 85.8 cm³/mol. The molecule has 0 aliphatic rings. The second-order valence-corrected chi connectivity index (χ2v) is 5.29. The highest BCUT2D eigenvalue weighted by molar-refractivity contribution is 6.30. The normalized spacial score (nSPS) is 11.5. The minimum Gasteiger partial charge on any atom is -0.479 e. The Labute approximate surface area is 130 Å². The van der Waals surface area contributed by atoms with Crippen LogP contribution in [0.5, 0.6) is 5.75 Å². The van der Waals surface area contributed by atoms with Crippen LogP contribution >= 0.6 is 11.6 Å². The Bertz CT molecular complexity index is 619. The van der Waals surface area contributed by atoms with Crippen molar-refractivity contribution in [2.75, 3.05) is 11.9 Å². The highest BCUT2D eigenvalue weighted by Crippen LogP contribution is 2.19. The van der Waals surface area contributed by atoms with Crippen LogP contribution in [0.2, 0.25) is 5.02 Å². The summed E-state index contributed by atoms with van der Waals surface area (Å²) in [6.45, 7) is 2.18. The van der Waals surface area contributed by atoms with Gasteiger partial charge in [0.15, 0.2) is 6.61 Å². The van der Waals surface area contributed by atoms with Crippen molar-refractivity contribution in [1.82, 2.24) is 0 Å². The summed E-state index contributed by atoms with van der Waals surface area (Å²) in [4.78, 5) is 0. The van der Waals surface area contributed by atoms with E-state index in [1.54, 1.807) is 0 Å². The van der Waals surface area contributed by atoms with E-state index in [9.17, 15) is 0 Å². The van der Waals surface area contributed by atoms with E-state index >= 15 is 0 Å². The Kier molecular flexibility index (Phi) is 5.48. The maximum Gasteiger partial charge on any atom is 0.174 e. The number of ether oxygens (including phenoxy) is 1. The van der Waals surface area contributed by atoms with Gasteiger partial charge in [-0.3, -0.25) is 0 Å². The third-order valence-electron chi connectivity index (χ3n) is 3.01. The van der Waals surface area contributed by atoms with Gasteiger partial charge in [-0.1, -0.05) is 29.8 Å². The molecular weight excluding hydrogens is 284 g/mol. The standard InChI is InChI=1S/C17H17ClN2O/c1-13(11-14-5-7-15(18)8-6-14)20-16-3-2-4-17(12-16)21-10-9-19/h2-8,12-13,20H,10-11H2,1H3. The Balaban J connectivity index is 1.94. The highest BCUT2D eigenvalue weighted by atomic mass is 35.5. The molecule has 0 aliphatic heterocycles. The number of rotatable bonds is 6. The third kappa shape index (κ3) is 5.02. The molecule has 0 amide bonds. The van der Waals surface area contributed by atoms with Crippen molar-refractivity contribution in [2.45, 2.75) is 19.4 Å². The molecular formula is C17H17ClN2O. The predicted octanol–water partition coefficient (Wildman–Crippen LogP) is 4.29. The van der Waals surface area contributed by atoms with Crippen molar-refractivity contribution in [3.05, 3.63) is 59.1 Å². The van der Waals surface area contributed by atoms with E-state index in [1.807, 2.05) is 54.6 Å². The number of anilines is 1. The lowest BCUT2D eigenvalue weighted by molar-refractivity contribution is 0.368. The minimum absolute atomic E-state index is 0.0593. The summed E-state index contributed by atoms with van der Waals surface area (Å²) < 4.78 is 5.29. The molecule has 3 nitrogen and oxygen atoms in total. The summed E-state index contributed by atoms with van der Waals surface area (Å²) in [5.74, 6) is 0.695. The van der Waals surface area contributed by atoms with E-state index in [2.05, 4.69) is 12.2 Å². The molecule has 1 atom stereocenters. The fraction of sp³-hybridized carbons (Fsp3) is 0.235. The van der Waals surface area contributed by atoms with Crippen molar-refractivity contribution in [3.63, 3.8) is 0 Å². The first-order valence-corrected chi connectivity index (χ1v) is 7.16. The molecule has 0 aliphatic carbocycles. The molecule has 1 unspecified atom stereocenters. The van der Waals surface area contributed by atoms with Gasteiger partial charge >= 0.3 is 0 Å². The smallest absolute Gasteiger partial charge is 0.174 e. The molecule has 4 heteroatoms. The number of hydrogen-bond donors (Lipinski definition) is 1. The average molecular weight is 301 g/mol. The molecule has 2 rings (SSSR count). The Hall–Kier alpha value is -2.18. The van der Waals surface area contributed by atoms with Gasteiger partial charge < -0.3 is 10.1 Å². The van der Waals surface area contributed by atoms with Crippen LogP contribution in [0.25, 0.3) is 0 Å². The zero-order valence-electron chi connectivity index (χ0n) is 11.8. The van der Waals surface area contributed by atoms with E-state index in [1.165, 1.54) is 5.56 Å². The number of halogens is 1. The summed E-state index contributed by atoms with van der Waals surface area (Å²) in [7, 11) is 0. The monoisotopic (exact) mass is 300 g/mol. The molecule has 21 heavy (non-hydrogen) atoms. The largest absolute Gasteiger partial charge is 0.479 e. The van der Waals surface area contributed by atoms with Gasteiger partial charge in [-0.25, -0.2) is 0 Å². The van der Waals surface area contributed by atoms with Crippen molar-refractivity contribution >= 4 is 17.3 Å². The number of benzene rings is 2. The number of nitriles is 1. The number of hydrogen-bond acceptors (Lipinski definition) is 3. The number of nitrogens with zero attached hydrogens (tertiary/aromatic N) is 1. The van der Waals surface area contributed by atoms with Crippen molar-refractivity contribution in [1.29, 1.82) is 5.26 Å². The second-order valence-electron chi connectivity index (χ2n) is 4.85. The molecule has 0 saturated heterocycles. The molecule has 0 spiro atoms. The van der Waals surface area contributed by atoms with Gasteiger partial charge in [-0.05, 0) is 43.2 Å². The fourth-order valence-electron chi connectivity index (χ4n) is 2.10. The molecule has 0 fully saturated rings. The first-order valence-electron chi connectivity index (χ1n) is 6.78. The van der Waals surface area contributed by atoms with Gasteiger partial charge in [0.2, 0.25) is 0 Å². The minimum atomic E-state index is 0.0593. The van der Waals surface area contributed by atoms with Crippen LogP contribution in [-0.2, 0) is 6.42 Å². The summed E-state index contributed by atoms with van der Waals surface area (Å²) in [6.07, 6.45) is 0.903. The Morgan fingerprint density at radius 2 is 2.00 bits per heavy atom. The van der Waals surface area contributed by atoms with E-state index in [4.69, 9.17) is 21.6 Å². The summed E-state index contributed by atoms with van der Waals surface area (Å²) in [5, 5.41) is 12.7. The van der Waals surface area contributed by atoms with Gasteiger partial charge in [-0.15, -0.1) is 0 Å². The summed E-state index contributed by atoms with van der Waals surface area (Å²) in [5.41, 5.74) is 2.21. The van der Waals surface area contributed by atoms with Crippen LogP contribution in [0.1, 0.15) is 12.5 Å². The number of nitrogens with one attached hydrogen (secondary N) is 1. The second kappa shape index (κ2) is 7.56. The summed E-state index contributed by atoms with van der Waals surface area (Å²) >= 11 is 5.88. The molecule has 2 aromatic carbocycles.